The fourth-order valence-electron chi connectivity index (χ4n) is 3.39. The Balaban J connectivity index is 0.00000363. The molecule has 0 spiro atoms. The number of halogens is 1. The maximum Gasteiger partial charge on any atom is 0.225 e. The zero-order chi connectivity index (χ0) is 21.9. The summed E-state index contributed by atoms with van der Waals surface area (Å²) in [4.78, 5) is 29.3. The molecule has 174 valence electrons. The van der Waals surface area contributed by atoms with E-state index >= 15 is 0 Å². The third kappa shape index (κ3) is 7.81. The van der Waals surface area contributed by atoms with Gasteiger partial charge in [0.2, 0.25) is 11.9 Å². The van der Waals surface area contributed by atoms with Gasteiger partial charge in [-0.25, -0.2) is 9.97 Å². The minimum absolute atomic E-state index is 0. The van der Waals surface area contributed by atoms with Crippen LogP contribution in [0.3, 0.4) is 0 Å². The number of guanidine groups is 1. The number of nitrogens with zero attached hydrogens (tertiary/aromatic N) is 5. The molecule has 2 heterocycles. The number of piperazine rings is 1. The first kappa shape index (κ1) is 25.6. The van der Waals surface area contributed by atoms with Crippen LogP contribution in [-0.2, 0) is 11.2 Å². The molecular formula is C22H32IN7O2. The quantitative estimate of drug-likeness (QED) is 0.291. The third-order valence-electron chi connectivity index (χ3n) is 5.19. The number of methoxy groups -OCH3 is 1. The van der Waals surface area contributed by atoms with Crippen molar-refractivity contribution in [3.8, 4) is 5.75 Å². The van der Waals surface area contributed by atoms with Crippen molar-refractivity contribution in [2.45, 2.75) is 12.8 Å². The maximum absolute atomic E-state index is 12.5. The van der Waals surface area contributed by atoms with E-state index in [1.54, 1.807) is 32.6 Å². The summed E-state index contributed by atoms with van der Waals surface area (Å²) in [6.45, 7) is 4.17. The van der Waals surface area contributed by atoms with E-state index in [1.807, 2.05) is 17.0 Å². The maximum atomic E-state index is 12.5. The topological polar surface area (TPSA) is 95.0 Å². The number of carbonyl (C=O) groups excluding carboxylic acids is 1. The lowest BCUT2D eigenvalue weighted by Crippen LogP contribution is -2.50. The van der Waals surface area contributed by atoms with Crippen LogP contribution >= 0.6 is 24.0 Å². The Bertz CT molecular complexity index is 841. The van der Waals surface area contributed by atoms with Crippen LogP contribution in [0.1, 0.15) is 12.0 Å². The van der Waals surface area contributed by atoms with Crippen LogP contribution in [0.15, 0.2) is 47.7 Å². The number of carbonyl (C=O) groups is 1. The first-order chi connectivity index (χ1) is 15.2. The molecule has 10 heteroatoms. The SMILES string of the molecule is CN=C(NCCC(=O)N1CCN(c2ncccn2)CC1)NCCc1ccc(OC)cc1.I. The van der Waals surface area contributed by atoms with Crippen molar-refractivity contribution in [1.82, 2.24) is 25.5 Å². The van der Waals surface area contributed by atoms with Gasteiger partial charge in [-0.1, -0.05) is 12.1 Å². The molecule has 0 saturated carbocycles. The second-order valence-corrected chi connectivity index (χ2v) is 7.19. The summed E-state index contributed by atoms with van der Waals surface area (Å²) in [7, 11) is 3.39. The first-order valence-corrected chi connectivity index (χ1v) is 10.6. The van der Waals surface area contributed by atoms with Crippen LogP contribution in [0.2, 0.25) is 0 Å². The summed E-state index contributed by atoms with van der Waals surface area (Å²) in [5, 5.41) is 6.51. The second kappa shape index (κ2) is 13.7. The van der Waals surface area contributed by atoms with E-state index < -0.39 is 0 Å². The van der Waals surface area contributed by atoms with Gasteiger partial charge >= 0.3 is 0 Å². The van der Waals surface area contributed by atoms with Crippen LogP contribution < -0.4 is 20.3 Å². The summed E-state index contributed by atoms with van der Waals surface area (Å²) in [5.74, 6) is 2.43. The molecule has 2 aromatic rings. The summed E-state index contributed by atoms with van der Waals surface area (Å²) in [6, 6.07) is 9.83. The van der Waals surface area contributed by atoms with Gasteiger partial charge in [0.1, 0.15) is 5.75 Å². The minimum atomic E-state index is 0. The standard InChI is InChI=1S/C22H31N7O2.HI/c1-23-21(24-12-8-18-4-6-19(31-2)7-5-18)25-13-9-20(30)28-14-16-29(17-15-28)22-26-10-3-11-27-22;/h3-7,10-11H,8-9,12-17H2,1-2H3,(H2,23,24,25);1H. The molecule has 1 saturated heterocycles. The Hall–Kier alpha value is -2.63. The van der Waals surface area contributed by atoms with Crippen LogP contribution in [0.4, 0.5) is 5.95 Å². The van der Waals surface area contributed by atoms with Gasteiger partial charge in [0.25, 0.3) is 0 Å². The van der Waals surface area contributed by atoms with Crippen molar-refractivity contribution in [2.24, 2.45) is 4.99 Å². The smallest absolute Gasteiger partial charge is 0.225 e. The first-order valence-electron chi connectivity index (χ1n) is 10.6. The molecule has 1 aromatic carbocycles. The Morgan fingerprint density at radius 2 is 1.72 bits per heavy atom. The highest BCUT2D eigenvalue weighted by Gasteiger charge is 2.22. The molecule has 32 heavy (non-hydrogen) atoms. The highest BCUT2D eigenvalue weighted by molar-refractivity contribution is 14.0. The van der Waals surface area contributed by atoms with Gasteiger partial charge in [0.15, 0.2) is 5.96 Å². The van der Waals surface area contributed by atoms with Gasteiger partial charge in [0, 0.05) is 65.1 Å². The van der Waals surface area contributed by atoms with E-state index in [4.69, 9.17) is 4.74 Å². The molecule has 0 aliphatic carbocycles. The van der Waals surface area contributed by atoms with Crippen LogP contribution in [-0.4, -0.2) is 80.2 Å². The number of aliphatic imine (C=N–C) groups is 1. The highest BCUT2D eigenvalue weighted by atomic mass is 127. The second-order valence-electron chi connectivity index (χ2n) is 7.19. The minimum Gasteiger partial charge on any atom is -0.497 e. The van der Waals surface area contributed by atoms with Crippen molar-refractivity contribution in [2.75, 3.05) is 58.3 Å². The molecule has 0 atom stereocenters. The molecule has 1 aliphatic rings. The molecule has 2 N–H and O–H groups in total. The molecule has 9 nitrogen and oxygen atoms in total. The summed E-state index contributed by atoms with van der Waals surface area (Å²) in [5.41, 5.74) is 1.22. The average molecular weight is 553 g/mol. The zero-order valence-corrected chi connectivity index (χ0v) is 21.0. The van der Waals surface area contributed by atoms with Crippen molar-refractivity contribution in [3.63, 3.8) is 0 Å². The predicted molar refractivity (Wildman–Crippen MR) is 137 cm³/mol. The fraction of sp³-hybridized carbons (Fsp3) is 0.455. The van der Waals surface area contributed by atoms with Gasteiger partial charge in [-0.3, -0.25) is 9.79 Å². The Morgan fingerprint density at radius 3 is 2.34 bits per heavy atom. The van der Waals surface area contributed by atoms with Gasteiger partial charge in [-0.05, 0) is 30.2 Å². The predicted octanol–water partition coefficient (Wildman–Crippen LogP) is 1.55. The summed E-state index contributed by atoms with van der Waals surface area (Å²) < 4.78 is 5.18. The number of hydrogen-bond donors (Lipinski definition) is 2. The van der Waals surface area contributed by atoms with Crippen LogP contribution in [0.25, 0.3) is 0 Å². The molecule has 1 amide bonds. The van der Waals surface area contributed by atoms with Crippen molar-refractivity contribution < 1.29 is 9.53 Å². The number of rotatable bonds is 8. The molecule has 1 aromatic heterocycles. The number of amides is 1. The fourth-order valence-corrected chi connectivity index (χ4v) is 3.39. The van der Waals surface area contributed by atoms with E-state index in [0.717, 1.165) is 37.8 Å². The number of nitrogens with one attached hydrogen (secondary N) is 2. The van der Waals surface area contributed by atoms with E-state index in [0.29, 0.717) is 32.0 Å². The average Bonchev–Trinajstić information content (AvgIpc) is 2.84. The summed E-state index contributed by atoms with van der Waals surface area (Å²) >= 11 is 0. The van der Waals surface area contributed by atoms with Gasteiger partial charge in [-0.2, -0.15) is 0 Å². The van der Waals surface area contributed by atoms with Crippen molar-refractivity contribution in [3.05, 3.63) is 48.3 Å². The molecular weight excluding hydrogens is 521 g/mol. The largest absolute Gasteiger partial charge is 0.497 e. The number of benzene rings is 1. The molecule has 1 aliphatic heterocycles. The van der Waals surface area contributed by atoms with E-state index in [9.17, 15) is 4.79 Å². The van der Waals surface area contributed by atoms with Gasteiger partial charge in [0.05, 0.1) is 7.11 Å². The Morgan fingerprint density at radius 1 is 1.06 bits per heavy atom. The van der Waals surface area contributed by atoms with Crippen molar-refractivity contribution >= 4 is 41.8 Å². The molecule has 3 rings (SSSR count). The van der Waals surface area contributed by atoms with E-state index in [-0.39, 0.29) is 29.9 Å². The molecule has 0 unspecified atom stereocenters. The van der Waals surface area contributed by atoms with E-state index in [2.05, 4.69) is 42.6 Å². The number of aromatic nitrogens is 2. The lowest BCUT2D eigenvalue weighted by atomic mass is 10.1. The van der Waals surface area contributed by atoms with Gasteiger partial charge < -0.3 is 25.2 Å². The number of ether oxygens (including phenoxy) is 1. The van der Waals surface area contributed by atoms with Crippen molar-refractivity contribution in [1.29, 1.82) is 0 Å². The third-order valence-corrected chi connectivity index (χ3v) is 5.19. The summed E-state index contributed by atoms with van der Waals surface area (Å²) in [6.07, 6.45) is 4.78. The Kier molecular flexibility index (Phi) is 11.0. The molecule has 0 radical (unpaired) electrons. The van der Waals surface area contributed by atoms with E-state index in [1.165, 1.54) is 5.56 Å². The normalized spacial score (nSPS) is 13.9. The van der Waals surface area contributed by atoms with Crippen LogP contribution in [0, 0.1) is 0 Å². The molecule has 0 bridgehead atoms. The molecule has 1 fully saturated rings. The lowest BCUT2D eigenvalue weighted by Gasteiger charge is -2.34. The number of hydrogen-bond acceptors (Lipinski definition) is 6. The Labute approximate surface area is 206 Å². The number of anilines is 1. The highest BCUT2D eigenvalue weighted by Crippen LogP contribution is 2.11. The zero-order valence-electron chi connectivity index (χ0n) is 18.7. The monoisotopic (exact) mass is 553 g/mol. The lowest BCUT2D eigenvalue weighted by molar-refractivity contribution is -0.131. The van der Waals surface area contributed by atoms with Gasteiger partial charge in [-0.15, -0.1) is 24.0 Å². The van der Waals surface area contributed by atoms with Crippen LogP contribution in [0.5, 0.6) is 5.75 Å².